The summed E-state index contributed by atoms with van der Waals surface area (Å²) in [6, 6.07) is 1.06. The van der Waals surface area contributed by atoms with Crippen molar-refractivity contribution in [2.45, 2.75) is 31.8 Å². The second-order valence-corrected chi connectivity index (χ2v) is 4.27. The standard InChI is InChI=1S/C9H14N4O/c10-4-8-12-13-9(14-8)11-7-2-5-1-6(5)3-7/h5-7H,1-4,10H2,(H,11,13). The highest BCUT2D eigenvalue weighted by Crippen LogP contribution is 2.52. The van der Waals surface area contributed by atoms with Crippen LogP contribution in [0.4, 0.5) is 6.01 Å². The number of rotatable bonds is 3. The third-order valence-corrected chi connectivity index (χ3v) is 3.21. The summed E-state index contributed by atoms with van der Waals surface area (Å²) >= 11 is 0. The lowest BCUT2D eigenvalue weighted by Gasteiger charge is -2.10. The maximum atomic E-state index is 5.38. The van der Waals surface area contributed by atoms with Crippen LogP contribution in [0, 0.1) is 11.8 Å². The fraction of sp³-hybridized carbons (Fsp3) is 0.778. The molecule has 0 bridgehead atoms. The van der Waals surface area contributed by atoms with Crippen molar-refractivity contribution in [1.29, 1.82) is 0 Å². The van der Waals surface area contributed by atoms with Gasteiger partial charge in [-0.25, -0.2) is 0 Å². The maximum Gasteiger partial charge on any atom is 0.315 e. The molecule has 2 saturated carbocycles. The van der Waals surface area contributed by atoms with Crippen molar-refractivity contribution < 1.29 is 4.42 Å². The first kappa shape index (κ1) is 8.23. The van der Waals surface area contributed by atoms with Gasteiger partial charge in [-0.2, -0.15) is 0 Å². The van der Waals surface area contributed by atoms with E-state index in [-0.39, 0.29) is 0 Å². The highest BCUT2D eigenvalue weighted by molar-refractivity contribution is 5.22. The van der Waals surface area contributed by atoms with E-state index in [0.717, 1.165) is 11.8 Å². The minimum absolute atomic E-state index is 0.310. The van der Waals surface area contributed by atoms with E-state index in [1.54, 1.807) is 0 Å². The quantitative estimate of drug-likeness (QED) is 0.742. The van der Waals surface area contributed by atoms with Gasteiger partial charge in [0.15, 0.2) is 0 Å². The summed E-state index contributed by atoms with van der Waals surface area (Å²) in [6.07, 6.45) is 3.94. The average molecular weight is 194 g/mol. The van der Waals surface area contributed by atoms with Crippen molar-refractivity contribution in [3.63, 3.8) is 0 Å². The Morgan fingerprint density at radius 1 is 1.29 bits per heavy atom. The molecular formula is C9H14N4O. The summed E-state index contributed by atoms with van der Waals surface area (Å²) in [5, 5.41) is 10.9. The Kier molecular flexibility index (Phi) is 1.73. The van der Waals surface area contributed by atoms with Crippen molar-refractivity contribution in [3.05, 3.63) is 5.89 Å². The van der Waals surface area contributed by atoms with Crippen LogP contribution in [0.3, 0.4) is 0 Å². The number of anilines is 1. The fourth-order valence-corrected chi connectivity index (χ4v) is 2.40. The molecule has 0 amide bonds. The molecule has 5 nitrogen and oxygen atoms in total. The molecule has 0 spiro atoms. The van der Waals surface area contributed by atoms with Gasteiger partial charge in [-0.15, -0.1) is 5.10 Å². The molecule has 2 aliphatic rings. The third-order valence-electron chi connectivity index (χ3n) is 3.21. The van der Waals surface area contributed by atoms with E-state index in [2.05, 4.69) is 15.5 Å². The molecule has 2 unspecified atom stereocenters. The third kappa shape index (κ3) is 1.37. The Labute approximate surface area is 82.1 Å². The van der Waals surface area contributed by atoms with Crippen LogP contribution in [-0.4, -0.2) is 16.2 Å². The van der Waals surface area contributed by atoms with Gasteiger partial charge in [0, 0.05) is 6.04 Å². The van der Waals surface area contributed by atoms with Crippen molar-refractivity contribution in [2.75, 3.05) is 5.32 Å². The SMILES string of the molecule is NCc1nnc(NC2CC3CC3C2)o1. The molecule has 0 aliphatic heterocycles. The molecule has 1 aromatic heterocycles. The van der Waals surface area contributed by atoms with E-state index in [4.69, 9.17) is 10.2 Å². The molecular weight excluding hydrogens is 180 g/mol. The van der Waals surface area contributed by atoms with Gasteiger partial charge in [-0.1, -0.05) is 5.10 Å². The van der Waals surface area contributed by atoms with Crippen molar-refractivity contribution in [2.24, 2.45) is 17.6 Å². The zero-order valence-electron chi connectivity index (χ0n) is 7.94. The van der Waals surface area contributed by atoms with Gasteiger partial charge in [0.2, 0.25) is 5.89 Å². The molecule has 0 aromatic carbocycles. The number of nitrogens with two attached hydrogens (primary N) is 1. The molecule has 1 heterocycles. The molecule has 3 N–H and O–H groups in total. The van der Waals surface area contributed by atoms with Crippen molar-refractivity contribution in [1.82, 2.24) is 10.2 Å². The summed E-state index contributed by atoms with van der Waals surface area (Å²) in [5.41, 5.74) is 5.38. The normalized spacial score (nSPS) is 34.2. The Morgan fingerprint density at radius 2 is 2.07 bits per heavy atom. The summed E-state index contributed by atoms with van der Waals surface area (Å²) in [5.74, 6) is 2.42. The van der Waals surface area contributed by atoms with Gasteiger partial charge in [-0.05, 0) is 31.1 Å². The van der Waals surface area contributed by atoms with E-state index in [0.29, 0.717) is 24.5 Å². The van der Waals surface area contributed by atoms with E-state index < -0.39 is 0 Å². The number of hydrogen-bond donors (Lipinski definition) is 2. The van der Waals surface area contributed by atoms with E-state index in [1.165, 1.54) is 19.3 Å². The molecule has 1 aromatic rings. The second-order valence-electron chi connectivity index (χ2n) is 4.27. The van der Waals surface area contributed by atoms with E-state index in [9.17, 15) is 0 Å². The summed E-state index contributed by atoms with van der Waals surface area (Å²) in [4.78, 5) is 0. The van der Waals surface area contributed by atoms with Gasteiger partial charge >= 0.3 is 6.01 Å². The Bertz CT molecular complexity index is 327. The molecule has 2 aliphatic carbocycles. The lowest BCUT2D eigenvalue weighted by Crippen LogP contribution is -2.17. The summed E-state index contributed by atoms with van der Waals surface area (Å²) in [7, 11) is 0. The largest absolute Gasteiger partial charge is 0.407 e. The van der Waals surface area contributed by atoms with Crippen molar-refractivity contribution >= 4 is 6.01 Å². The molecule has 0 radical (unpaired) electrons. The van der Waals surface area contributed by atoms with Gasteiger partial charge < -0.3 is 15.5 Å². The van der Waals surface area contributed by atoms with Crippen molar-refractivity contribution in [3.8, 4) is 0 Å². The molecule has 5 heteroatoms. The summed E-state index contributed by atoms with van der Waals surface area (Å²) < 4.78 is 5.29. The predicted octanol–water partition coefficient (Wildman–Crippen LogP) is 0.739. The van der Waals surface area contributed by atoms with Crippen LogP contribution in [0.15, 0.2) is 4.42 Å². The first-order chi connectivity index (χ1) is 6.85. The van der Waals surface area contributed by atoms with Crippen LogP contribution in [0.1, 0.15) is 25.2 Å². The molecule has 14 heavy (non-hydrogen) atoms. The minimum Gasteiger partial charge on any atom is -0.407 e. The topological polar surface area (TPSA) is 77.0 Å². The number of nitrogens with one attached hydrogen (secondary N) is 1. The Morgan fingerprint density at radius 3 is 2.71 bits per heavy atom. The smallest absolute Gasteiger partial charge is 0.315 e. The number of aromatic nitrogens is 2. The monoisotopic (exact) mass is 194 g/mol. The summed E-state index contributed by atoms with van der Waals surface area (Å²) in [6.45, 7) is 0.310. The maximum absolute atomic E-state index is 5.38. The molecule has 3 rings (SSSR count). The van der Waals surface area contributed by atoms with Crippen LogP contribution in [-0.2, 0) is 6.54 Å². The van der Waals surface area contributed by atoms with Crippen LogP contribution in [0.2, 0.25) is 0 Å². The highest BCUT2D eigenvalue weighted by Gasteiger charge is 2.46. The first-order valence-corrected chi connectivity index (χ1v) is 5.14. The number of hydrogen-bond acceptors (Lipinski definition) is 5. The van der Waals surface area contributed by atoms with Gasteiger partial charge in [-0.3, -0.25) is 0 Å². The molecule has 2 fully saturated rings. The van der Waals surface area contributed by atoms with Gasteiger partial charge in [0.25, 0.3) is 0 Å². The Hall–Kier alpha value is -1.10. The zero-order chi connectivity index (χ0) is 9.54. The van der Waals surface area contributed by atoms with Crippen LogP contribution in [0.5, 0.6) is 0 Å². The highest BCUT2D eigenvalue weighted by atomic mass is 16.4. The fourth-order valence-electron chi connectivity index (χ4n) is 2.40. The van der Waals surface area contributed by atoms with E-state index >= 15 is 0 Å². The van der Waals surface area contributed by atoms with Gasteiger partial charge in [0.1, 0.15) is 0 Å². The van der Waals surface area contributed by atoms with E-state index in [1.807, 2.05) is 0 Å². The minimum atomic E-state index is 0.310. The van der Waals surface area contributed by atoms with Gasteiger partial charge in [0.05, 0.1) is 6.54 Å². The number of fused-ring (bicyclic) bond motifs is 1. The zero-order valence-corrected chi connectivity index (χ0v) is 7.94. The molecule has 0 saturated heterocycles. The van der Waals surface area contributed by atoms with Crippen LogP contribution >= 0.6 is 0 Å². The second kappa shape index (κ2) is 2.95. The average Bonchev–Trinajstić information content (AvgIpc) is 2.66. The van der Waals surface area contributed by atoms with Crippen LogP contribution < -0.4 is 11.1 Å². The first-order valence-electron chi connectivity index (χ1n) is 5.14. The lowest BCUT2D eigenvalue weighted by molar-refractivity contribution is 0.496. The van der Waals surface area contributed by atoms with Crippen LogP contribution in [0.25, 0.3) is 0 Å². The Balaban J connectivity index is 1.61. The molecule has 2 atom stereocenters. The lowest BCUT2D eigenvalue weighted by atomic mass is 10.2. The molecule has 76 valence electrons. The predicted molar refractivity (Wildman–Crippen MR) is 50.4 cm³/mol. The number of nitrogens with zero attached hydrogens (tertiary/aromatic N) is 2.